The quantitative estimate of drug-likeness (QED) is 0.491. The van der Waals surface area contributed by atoms with Gasteiger partial charge in [-0.05, 0) is 18.2 Å². The molecule has 0 radical (unpaired) electrons. The number of anilines is 1. The number of phenols is 1. The number of nitrogens with one attached hydrogen (secondary N) is 1. The maximum absolute atomic E-state index is 12.4. The molecule has 24 heavy (non-hydrogen) atoms. The van der Waals surface area contributed by atoms with E-state index in [1.54, 1.807) is 4.90 Å². The maximum atomic E-state index is 12.4. The van der Waals surface area contributed by atoms with E-state index in [1.165, 1.54) is 36.2 Å². The van der Waals surface area contributed by atoms with Gasteiger partial charge in [0.2, 0.25) is 5.91 Å². The zero-order chi connectivity index (χ0) is 17.7. The fraction of sp³-hybridized carbons (Fsp3) is 0.312. The highest BCUT2D eigenvalue weighted by atomic mass is 35.5. The number of amides is 2. The zero-order valence-corrected chi connectivity index (χ0v) is 13.9. The molecule has 1 fully saturated rings. The highest BCUT2D eigenvalue weighted by Crippen LogP contribution is 2.26. The molecule has 1 aromatic carbocycles. The topological polar surface area (TPSA) is 96.7 Å². The van der Waals surface area contributed by atoms with E-state index < -0.39 is 5.91 Å². The molecule has 0 aliphatic carbocycles. The summed E-state index contributed by atoms with van der Waals surface area (Å²) < 4.78 is 0. The molecular formula is C16H17ClN4O3. The summed E-state index contributed by atoms with van der Waals surface area (Å²) in [6, 6.07) is 6.27. The molecule has 0 aromatic heterocycles. The summed E-state index contributed by atoms with van der Waals surface area (Å²) in [5.74, 6) is -0.499. The summed E-state index contributed by atoms with van der Waals surface area (Å²) >= 11 is 5.85. The first kappa shape index (κ1) is 17.6. The first-order valence-corrected chi connectivity index (χ1v) is 7.70. The summed E-state index contributed by atoms with van der Waals surface area (Å²) in [7, 11) is 0. The van der Waals surface area contributed by atoms with Crippen LogP contribution in [0.3, 0.4) is 0 Å². The standard InChI is InChI=1S/C16H17ClN4O3/c1-11(22)20-4-6-21(7-5-20)16(24)12(9-18)10-19-14-8-13(17)2-3-15(14)23/h2-3,8,10,19,23H,4-7H2,1H3/b12-10-. The van der Waals surface area contributed by atoms with Crippen LogP contribution < -0.4 is 5.32 Å². The van der Waals surface area contributed by atoms with E-state index in [-0.39, 0.29) is 17.2 Å². The van der Waals surface area contributed by atoms with Crippen molar-refractivity contribution in [1.29, 1.82) is 5.26 Å². The number of nitrogens with zero attached hydrogens (tertiary/aromatic N) is 3. The average Bonchev–Trinajstić information content (AvgIpc) is 2.58. The Labute approximate surface area is 144 Å². The van der Waals surface area contributed by atoms with Gasteiger partial charge in [0.1, 0.15) is 17.4 Å². The van der Waals surface area contributed by atoms with Crippen LogP contribution in [-0.4, -0.2) is 52.9 Å². The minimum Gasteiger partial charge on any atom is -0.506 e. The molecule has 0 unspecified atom stereocenters. The van der Waals surface area contributed by atoms with Crippen LogP contribution in [0.5, 0.6) is 5.75 Å². The summed E-state index contributed by atoms with van der Waals surface area (Å²) in [4.78, 5) is 26.9. The Kier molecular flexibility index (Phi) is 5.66. The largest absolute Gasteiger partial charge is 0.506 e. The number of carbonyl (C=O) groups excluding carboxylic acids is 2. The number of rotatable bonds is 3. The molecular weight excluding hydrogens is 332 g/mol. The van der Waals surface area contributed by atoms with E-state index in [1.807, 2.05) is 6.07 Å². The molecule has 1 aliphatic rings. The van der Waals surface area contributed by atoms with Crippen LogP contribution in [0.2, 0.25) is 5.02 Å². The second-order valence-corrected chi connectivity index (χ2v) is 5.71. The summed E-state index contributed by atoms with van der Waals surface area (Å²) in [6.45, 7) is 3.13. The van der Waals surface area contributed by atoms with Crippen LogP contribution in [0.4, 0.5) is 5.69 Å². The molecule has 8 heteroatoms. The Bertz CT molecular complexity index is 719. The van der Waals surface area contributed by atoms with Crippen LogP contribution in [0.25, 0.3) is 0 Å². The Morgan fingerprint density at radius 3 is 2.50 bits per heavy atom. The molecule has 1 aromatic rings. The van der Waals surface area contributed by atoms with Crippen molar-refractivity contribution in [3.8, 4) is 11.8 Å². The minimum absolute atomic E-state index is 0.0313. The Hall–Kier alpha value is -2.72. The third-order valence-corrected chi connectivity index (χ3v) is 3.93. The Balaban J connectivity index is 2.05. The van der Waals surface area contributed by atoms with Gasteiger partial charge < -0.3 is 20.2 Å². The minimum atomic E-state index is -0.422. The van der Waals surface area contributed by atoms with Crippen LogP contribution in [0.15, 0.2) is 30.0 Å². The van der Waals surface area contributed by atoms with Crippen molar-refractivity contribution in [3.63, 3.8) is 0 Å². The highest BCUT2D eigenvalue weighted by Gasteiger charge is 2.24. The van der Waals surface area contributed by atoms with Gasteiger partial charge in [-0.25, -0.2) is 0 Å². The third kappa shape index (κ3) is 4.18. The van der Waals surface area contributed by atoms with Crippen LogP contribution in [-0.2, 0) is 9.59 Å². The van der Waals surface area contributed by atoms with Gasteiger partial charge in [0.15, 0.2) is 0 Å². The number of benzene rings is 1. The monoisotopic (exact) mass is 348 g/mol. The van der Waals surface area contributed by atoms with Crippen molar-refractivity contribution in [3.05, 3.63) is 35.0 Å². The molecule has 126 valence electrons. The predicted molar refractivity (Wildman–Crippen MR) is 89.3 cm³/mol. The molecule has 1 aliphatic heterocycles. The van der Waals surface area contributed by atoms with Crippen molar-refractivity contribution in [2.45, 2.75) is 6.92 Å². The van der Waals surface area contributed by atoms with Crippen LogP contribution in [0, 0.1) is 11.3 Å². The van der Waals surface area contributed by atoms with Gasteiger partial charge >= 0.3 is 0 Å². The van der Waals surface area contributed by atoms with E-state index in [0.717, 1.165) is 0 Å². The third-order valence-electron chi connectivity index (χ3n) is 3.69. The number of carbonyl (C=O) groups is 2. The zero-order valence-electron chi connectivity index (χ0n) is 13.1. The molecule has 2 N–H and O–H groups in total. The Morgan fingerprint density at radius 2 is 1.92 bits per heavy atom. The number of phenolic OH excluding ortho intramolecular Hbond substituents is 1. The number of hydrogen-bond acceptors (Lipinski definition) is 5. The normalized spacial score (nSPS) is 15.0. The van der Waals surface area contributed by atoms with E-state index >= 15 is 0 Å². The number of piperazine rings is 1. The molecule has 2 rings (SSSR count). The number of nitriles is 1. The van der Waals surface area contributed by atoms with E-state index in [9.17, 15) is 20.0 Å². The lowest BCUT2D eigenvalue weighted by Crippen LogP contribution is -2.50. The lowest BCUT2D eigenvalue weighted by Gasteiger charge is -2.34. The molecule has 1 saturated heterocycles. The molecule has 0 spiro atoms. The summed E-state index contributed by atoms with van der Waals surface area (Å²) in [6.07, 6.45) is 1.24. The molecule has 1 heterocycles. The van der Waals surface area contributed by atoms with Gasteiger partial charge in [-0.3, -0.25) is 9.59 Å². The summed E-state index contributed by atoms with van der Waals surface area (Å²) in [5.41, 5.74) is 0.204. The van der Waals surface area contributed by atoms with Gasteiger partial charge in [-0.15, -0.1) is 0 Å². The fourth-order valence-corrected chi connectivity index (χ4v) is 2.48. The van der Waals surface area contributed by atoms with Gasteiger partial charge in [0.25, 0.3) is 5.91 Å². The van der Waals surface area contributed by atoms with Crippen LogP contribution in [0.1, 0.15) is 6.92 Å². The summed E-state index contributed by atoms with van der Waals surface area (Å²) in [5, 5.41) is 22.1. The Morgan fingerprint density at radius 1 is 1.29 bits per heavy atom. The lowest BCUT2D eigenvalue weighted by molar-refractivity contribution is -0.136. The van der Waals surface area contributed by atoms with Crippen molar-refractivity contribution < 1.29 is 14.7 Å². The van der Waals surface area contributed by atoms with Gasteiger partial charge in [-0.2, -0.15) is 5.26 Å². The fourth-order valence-electron chi connectivity index (χ4n) is 2.31. The van der Waals surface area contributed by atoms with Crippen LogP contribution >= 0.6 is 11.6 Å². The highest BCUT2D eigenvalue weighted by molar-refractivity contribution is 6.30. The predicted octanol–water partition coefficient (Wildman–Crippen LogP) is 1.56. The van der Waals surface area contributed by atoms with Gasteiger partial charge in [0.05, 0.1) is 5.69 Å². The van der Waals surface area contributed by atoms with E-state index in [0.29, 0.717) is 36.9 Å². The van der Waals surface area contributed by atoms with Gasteiger partial charge in [0, 0.05) is 44.3 Å². The van der Waals surface area contributed by atoms with Gasteiger partial charge in [-0.1, -0.05) is 11.6 Å². The number of hydrogen-bond donors (Lipinski definition) is 2. The van der Waals surface area contributed by atoms with Crippen molar-refractivity contribution >= 4 is 29.1 Å². The SMILES string of the molecule is CC(=O)N1CCN(C(=O)/C(C#N)=C\Nc2cc(Cl)ccc2O)CC1. The molecule has 2 amide bonds. The maximum Gasteiger partial charge on any atom is 0.266 e. The smallest absolute Gasteiger partial charge is 0.266 e. The lowest BCUT2D eigenvalue weighted by atomic mass is 10.2. The second kappa shape index (κ2) is 7.70. The number of halogens is 1. The second-order valence-electron chi connectivity index (χ2n) is 5.27. The van der Waals surface area contributed by atoms with Crippen molar-refractivity contribution in [2.24, 2.45) is 0 Å². The van der Waals surface area contributed by atoms with Crippen molar-refractivity contribution in [2.75, 3.05) is 31.5 Å². The average molecular weight is 349 g/mol. The van der Waals surface area contributed by atoms with E-state index in [2.05, 4.69) is 5.32 Å². The molecule has 7 nitrogen and oxygen atoms in total. The molecule has 0 bridgehead atoms. The first-order chi connectivity index (χ1) is 11.4. The molecule has 0 atom stereocenters. The van der Waals surface area contributed by atoms with Crippen molar-refractivity contribution in [1.82, 2.24) is 9.80 Å². The first-order valence-electron chi connectivity index (χ1n) is 7.32. The molecule has 0 saturated carbocycles. The number of aromatic hydroxyl groups is 1. The van der Waals surface area contributed by atoms with E-state index in [4.69, 9.17) is 11.6 Å².